The van der Waals surface area contributed by atoms with E-state index in [0.29, 0.717) is 23.7 Å². The molecule has 0 fully saturated rings. The summed E-state index contributed by atoms with van der Waals surface area (Å²) in [4.78, 5) is 14.6. The molecule has 0 spiro atoms. The number of ether oxygens (including phenoxy) is 2. The number of hydrogen-bond donors (Lipinski definition) is 1. The first kappa shape index (κ1) is 12.9. The Kier molecular flexibility index (Phi) is 3.70. The summed E-state index contributed by atoms with van der Waals surface area (Å²) in [5.74, 6) is 0.239. The maximum atomic E-state index is 10.7. The van der Waals surface area contributed by atoms with Crippen molar-refractivity contribution in [1.82, 2.24) is 4.98 Å². The lowest BCUT2D eigenvalue weighted by molar-refractivity contribution is 0.0690. The summed E-state index contributed by atoms with van der Waals surface area (Å²) in [6.07, 6.45) is 1.10. The molecule has 0 atom stereocenters. The third kappa shape index (κ3) is 2.67. The van der Waals surface area contributed by atoms with E-state index in [0.717, 1.165) is 6.26 Å². The minimum Gasteiger partial charge on any atom is -0.493 e. The predicted molar refractivity (Wildman–Crippen MR) is 66.6 cm³/mol. The Hall–Kier alpha value is -2.50. The second kappa shape index (κ2) is 5.43. The van der Waals surface area contributed by atoms with Gasteiger partial charge in [-0.15, -0.1) is 0 Å². The van der Waals surface area contributed by atoms with Crippen molar-refractivity contribution in [2.24, 2.45) is 0 Å². The molecule has 0 bridgehead atoms. The van der Waals surface area contributed by atoms with Crippen molar-refractivity contribution in [3.05, 3.63) is 30.2 Å². The van der Waals surface area contributed by atoms with Crippen molar-refractivity contribution >= 4 is 5.97 Å². The number of nitrogens with zero attached hydrogens (tertiary/aromatic N) is 1. The van der Waals surface area contributed by atoms with Crippen LogP contribution >= 0.6 is 0 Å². The van der Waals surface area contributed by atoms with Crippen LogP contribution in [0.3, 0.4) is 0 Å². The Balaban J connectivity index is 2.38. The minimum absolute atomic E-state index is 0.135. The van der Waals surface area contributed by atoms with Crippen molar-refractivity contribution in [2.45, 2.75) is 6.92 Å². The predicted octanol–water partition coefficient (Wildman–Crippen LogP) is 2.45. The molecule has 0 aliphatic heterocycles. The van der Waals surface area contributed by atoms with Gasteiger partial charge in [0.2, 0.25) is 5.89 Å². The number of carbonyl (C=O) groups is 1. The van der Waals surface area contributed by atoms with Gasteiger partial charge in [0, 0.05) is 5.56 Å². The number of aromatic carboxylic acids is 1. The molecule has 0 saturated heterocycles. The van der Waals surface area contributed by atoms with Crippen LogP contribution < -0.4 is 9.47 Å². The smallest absolute Gasteiger partial charge is 0.357 e. The van der Waals surface area contributed by atoms with Gasteiger partial charge in [-0.05, 0) is 25.1 Å². The molecule has 0 radical (unpaired) electrons. The van der Waals surface area contributed by atoms with E-state index in [-0.39, 0.29) is 11.6 Å². The fourth-order valence-corrected chi connectivity index (χ4v) is 1.58. The van der Waals surface area contributed by atoms with Gasteiger partial charge in [-0.25, -0.2) is 9.78 Å². The Morgan fingerprint density at radius 2 is 2.21 bits per heavy atom. The number of methoxy groups -OCH3 is 1. The topological polar surface area (TPSA) is 81.8 Å². The van der Waals surface area contributed by atoms with E-state index in [1.165, 1.54) is 0 Å². The molecule has 6 nitrogen and oxygen atoms in total. The van der Waals surface area contributed by atoms with Crippen LogP contribution in [-0.2, 0) is 0 Å². The number of benzene rings is 1. The average molecular weight is 263 g/mol. The van der Waals surface area contributed by atoms with Gasteiger partial charge in [0.05, 0.1) is 13.7 Å². The van der Waals surface area contributed by atoms with E-state index in [4.69, 9.17) is 19.0 Å². The zero-order valence-corrected chi connectivity index (χ0v) is 10.5. The summed E-state index contributed by atoms with van der Waals surface area (Å²) in [5, 5.41) is 8.80. The van der Waals surface area contributed by atoms with E-state index in [2.05, 4.69) is 4.98 Å². The van der Waals surface area contributed by atoms with Crippen LogP contribution in [-0.4, -0.2) is 29.8 Å². The van der Waals surface area contributed by atoms with Crippen LogP contribution in [0.2, 0.25) is 0 Å². The van der Waals surface area contributed by atoms with Crippen molar-refractivity contribution < 1.29 is 23.8 Å². The number of rotatable bonds is 5. The summed E-state index contributed by atoms with van der Waals surface area (Å²) in [6.45, 7) is 2.35. The largest absolute Gasteiger partial charge is 0.493 e. The zero-order valence-electron chi connectivity index (χ0n) is 10.5. The van der Waals surface area contributed by atoms with E-state index >= 15 is 0 Å². The van der Waals surface area contributed by atoms with E-state index in [1.807, 2.05) is 6.92 Å². The Bertz CT molecular complexity index is 590. The van der Waals surface area contributed by atoms with Gasteiger partial charge < -0.3 is 19.0 Å². The molecule has 100 valence electrons. The summed E-state index contributed by atoms with van der Waals surface area (Å²) < 4.78 is 15.7. The van der Waals surface area contributed by atoms with Gasteiger partial charge >= 0.3 is 5.97 Å². The highest BCUT2D eigenvalue weighted by atomic mass is 16.5. The van der Waals surface area contributed by atoms with E-state index in [1.54, 1.807) is 25.3 Å². The number of aromatic nitrogens is 1. The molecule has 2 rings (SSSR count). The molecule has 1 heterocycles. The molecule has 1 aromatic carbocycles. The minimum atomic E-state index is -1.13. The van der Waals surface area contributed by atoms with Gasteiger partial charge in [0.25, 0.3) is 0 Å². The quantitative estimate of drug-likeness (QED) is 0.892. The number of carboxylic acids is 1. The van der Waals surface area contributed by atoms with Crippen LogP contribution in [0.5, 0.6) is 11.5 Å². The van der Waals surface area contributed by atoms with Gasteiger partial charge in [0.15, 0.2) is 17.2 Å². The monoisotopic (exact) mass is 263 g/mol. The second-order valence-electron chi connectivity index (χ2n) is 3.64. The highest BCUT2D eigenvalue weighted by Crippen LogP contribution is 2.32. The molecular weight excluding hydrogens is 250 g/mol. The Morgan fingerprint density at radius 3 is 2.79 bits per heavy atom. The summed E-state index contributed by atoms with van der Waals surface area (Å²) in [7, 11) is 1.55. The molecule has 0 amide bonds. The fourth-order valence-electron chi connectivity index (χ4n) is 1.58. The lowest BCUT2D eigenvalue weighted by atomic mass is 10.2. The SMILES string of the molecule is CCOc1cc(-c2nc(C(=O)O)co2)ccc1OC. The van der Waals surface area contributed by atoms with Crippen molar-refractivity contribution in [3.8, 4) is 23.0 Å². The standard InChI is InChI=1S/C13H13NO5/c1-3-18-11-6-8(4-5-10(11)17-2)12-14-9(7-19-12)13(15)16/h4-7H,3H2,1-2H3,(H,15,16). The molecule has 2 aromatic rings. The second-order valence-corrected chi connectivity index (χ2v) is 3.64. The highest BCUT2D eigenvalue weighted by molar-refractivity contribution is 5.85. The maximum absolute atomic E-state index is 10.7. The summed E-state index contributed by atoms with van der Waals surface area (Å²) in [5.41, 5.74) is 0.487. The van der Waals surface area contributed by atoms with E-state index in [9.17, 15) is 4.79 Å². The maximum Gasteiger partial charge on any atom is 0.357 e. The molecule has 6 heteroatoms. The molecule has 0 aliphatic carbocycles. The summed E-state index contributed by atoms with van der Waals surface area (Å²) in [6, 6.07) is 5.13. The lowest BCUT2D eigenvalue weighted by Crippen LogP contribution is -1.97. The zero-order chi connectivity index (χ0) is 13.8. The van der Waals surface area contributed by atoms with Gasteiger partial charge in [-0.2, -0.15) is 0 Å². The van der Waals surface area contributed by atoms with Crippen LogP contribution in [0.4, 0.5) is 0 Å². The van der Waals surface area contributed by atoms with Crippen molar-refractivity contribution in [2.75, 3.05) is 13.7 Å². The first-order chi connectivity index (χ1) is 9.15. The number of oxazole rings is 1. The molecule has 1 N–H and O–H groups in total. The first-order valence-electron chi connectivity index (χ1n) is 5.65. The van der Waals surface area contributed by atoms with Crippen LogP contribution in [0, 0.1) is 0 Å². The van der Waals surface area contributed by atoms with Crippen LogP contribution in [0.1, 0.15) is 17.4 Å². The molecule has 0 aliphatic rings. The molecule has 0 unspecified atom stereocenters. The molecule has 1 aromatic heterocycles. The third-order valence-corrected chi connectivity index (χ3v) is 2.43. The van der Waals surface area contributed by atoms with Gasteiger partial charge in [-0.1, -0.05) is 0 Å². The van der Waals surface area contributed by atoms with Crippen LogP contribution in [0.25, 0.3) is 11.5 Å². The molecule has 0 saturated carbocycles. The molecular formula is C13H13NO5. The number of hydrogen-bond acceptors (Lipinski definition) is 5. The average Bonchev–Trinajstić information content (AvgIpc) is 2.89. The first-order valence-corrected chi connectivity index (χ1v) is 5.65. The normalized spacial score (nSPS) is 10.2. The van der Waals surface area contributed by atoms with Crippen molar-refractivity contribution in [3.63, 3.8) is 0 Å². The highest BCUT2D eigenvalue weighted by Gasteiger charge is 2.14. The Labute approximate surface area is 109 Å². The summed E-state index contributed by atoms with van der Waals surface area (Å²) >= 11 is 0. The number of carboxylic acid groups (broad SMARTS) is 1. The fraction of sp³-hybridized carbons (Fsp3) is 0.231. The van der Waals surface area contributed by atoms with Crippen LogP contribution in [0.15, 0.2) is 28.9 Å². The van der Waals surface area contributed by atoms with E-state index < -0.39 is 5.97 Å². The Morgan fingerprint density at radius 1 is 1.42 bits per heavy atom. The van der Waals surface area contributed by atoms with Crippen molar-refractivity contribution in [1.29, 1.82) is 0 Å². The molecule has 19 heavy (non-hydrogen) atoms. The lowest BCUT2D eigenvalue weighted by Gasteiger charge is -2.09. The van der Waals surface area contributed by atoms with Gasteiger partial charge in [-0.3, -0.25) is 0 Å². The third-order valence-electron chi connectivity index (χ3n) is 2.43. The van der Waals surface area contributed by atoms with Gasteiger partial charge in [0.1, 0.15) is 6.26 Å².